The second-order valence-corrected chi connectivity index (χ2v) is 6.18. The van der Waals surface area contributed by atoms with Crippen molar-refractivity contribution in [2.75, 3.05) is 6.54 Å². The van der Waals surface area contributed by atoms with Gasteiger partial charge >= 0.3 is 5.97 Å². The minimum atomic E-state index is -1.59. The van der Waals surface area contributed by atoms with Gasteiger partial charge < -0.3 is 43.4 Å². The van der Waals surface area contributed by atoms with Crippen molar-refractivity contribution in [1.82, 2.24) is 16.0 Å². The quantitative estimate of drug-likeness (QED) is 0.142. The number of aliphatic hydroxyl groups is 1. The van der Waals surface area contributed by atoms with E-state index in [2.05, 4.69) is 10.6 Å². The van der Waals surface area contributed by atoms with E-state index < -0.39 is 72.7 Å². The molecule has 0 spiro atoms. The first-order chi connectivity index (χ1) is 13.3. The molecule has 0 aliphatic carbocycles. The molecular weight excluding hydrogens is 392 g/mol. The van der Waals surface area contributed by atoms with Gasteiger partial charge in [-0.3, -0.25) is 24.0 Å². The summed E-state index contributed by atoms with van der Waals surface area (Å²) >= 11 is 0. The van der Waals surface area contributed by atoms with E-state index in [0.717, 1.165) is 6.92 Å². The number of amides is 5. The van der Waals surface area contributed by atoms with Gasteiger partial charge in [0.15, 0.2) is 6.04 Å². The number of carboxylic acid groups (broad SMARTS) is 1. The zero-order chi connectivity index (χ0) is 22.7. The summed E-state index contributed by atoms with van der Waals surface area (Å²) < 4.78 is 0. The fourth-order valence-corrected chi connectivity index (χ4v) is 2.05. The topological polar surface area (TPSA) is 257 Å². The lowest BCUT2D eigenvalue weighted by molar-refractivity contribution is -0.144. The van der Waals surface area contributed by atoms with Gasteiger partial charge in [0.2, 0.25) is 29.5 Å². The summed E-state index contributed by atoms with van der Waals surface area (Å²) in [7, 11) is 0. The Balaban J connectivity index is 4.92. The van der Waals surface area contributed by atoms with Gasteiger partial charge in [0.05, 0.1) is 25.1 Å². The van der Waals surface area contributed by atoms with Crippen molar-refractivity contribution < 1.29 is 39.0 Å². The maximum absolute atomic E-state index is 12.2. The molecule has 164 valence electrons. The van der Waals surface area contributed by atoms with Gasteiger partial charge in [-0.15, -0.1) is 0 Å². The number of carboxylic acids is 1. The molecule has 0 saturated carbocycles. The number of hydrogen-bond acceptors (Lipinski definition) is 8. The van der Waals surface area contributed by atoms with Crippen LogP contribution in [0.5, 0.6) is 0 Å². The van der Waals surface area contributed by atoms with Crippen LogP contribution >= 0.6 is 0 Å². The van der Waals surface area contributed by atoms with Gasteiger partial charge in [0, 0.05) is 6.42 Å². The van der Waals surface area contributed by atoms with E-state index in [0.29, 0.717) is 0 Å². The molecule has 0 aromatic heterocycles. The van der Waals surface area contributed by atoms with Crippen LogP contribution < -0.4 is 33.2 Å². The summed E-state index contributed by atoms with van der Waals surface area (Å²) in [5.41, 5.74) is 15.4. The lowest BCUT2D eigenvalue weighted by atomic mass is 10.1. The molecule has 14 heteroatoms. The summed E-state index contributed by atoms with van der Waals surface area (Å²) in [6.07, 6.45) is -2.36. The van der Waals surface area contributed by atoms with E-state index in [1.807, 2.05) is 5.32 Å². The molecule has 11 N–H and O–H groups in total. The Labute approximate surface area is 165 Å². The van der Waals surface area contributed by atoms with E-state index in [1.165, 1.54) is 0 Å². The highest BCUT2D eigenvalue weighted by molar-refractivity contribution is 5.94. The number of hydrogen-bond donors (Lipinski definition) is 8. The number of aliphatic hydroxyl groups excluding tert-OH is 1. The predicted octanol–water partition coefficient (Wildman–Crippen LogP) is -4.99. The summed E-state index contributed by atoms with van der Waals surface area (Å²) in [6.45, 7) is 0.480. The third kappa shape index (κ3) is 10.6. The first-order valence-corrected chi connectivity index (χ1v) is 8.45. The Bertz CT molecular complexity index is 653. The van der Waals surface area contributed by atoms with Crippen molar-refractivity contribution in [2.24, 2.45) is 17.2 Å². The summed E-state index contributed by atoms with van der Waals surface area (Å²) in [5, 5.41) is 24.6. The average molecular weight is 418 g/mol. The molecule has 29 heavy (non-hydrogen) atoms. The molecule has 0 saturated heterocycles. The van der Waals surface area contributed by atoms with Gasteiger partial charge in [-0.2, -0.15) is 0 Å². The Morgan fingerprint density at radius 3 is 2.00 bits per heavy atom. The van der Waals surface area contributed by atoms with E-state index >= 15 is 0 Å². The number of carbonyl (C=O) groups excluding carboxylic acids is 5. The average Bonchev–Trinajstić information content (AvgIpc) is 2.59. The van der Waals surface area contributed by atoms with Crippen LogP contribution in [0.1, 0.15) is 26.2 Å². The summed E-state index contributed by atoms with van der Waals surface area (Å²) in [5.74, 6) is -5.76. The molecule has 14 nitrogen and oxygen atoms in total. The molecule has 0 aromatic carbocycles. The number of nitrogens with one attached hydrogen (secondary N) is 3. The van der Waals surface area contributed by atoms with Crippen LogP contribution in [0.3, 0.4) is 0 Å². The molecule has 0 rings (SSSR count). The van der Waals surface area contributed by atoms with Gasteiger partial charge in [-0.25, -0.2) is 4.79 Å². The second kappa shape index (κ2) is 12.2. The Kier molecular flexibility index (Phi) is 10.9. The molecule has 0 aliphatic rings. The monoisotopic (exact) mass is 418 g/mol. The Morgan fingerprint density at radius 1 is 0.966 bits per heavy atom. The SMILES string of the molecule is CC(O)C(NC(=O)CNC(=O)C(CCC(N)=O)NC(=O)C(N)CC(N)=O)C(=O)O. The minimum absolute atomic E-state index is 0.219. The maximum Gasteiger partial charge on any atom is 0.328 e. The van der Waals surface area contributed by atoms with Crippen molar-refractivity contribution in [3.63, 3.8) is 0 Å². The van der Waals surface area contributed by atoms with Crippen LogP contribution in [0, 0.1) is 0 Å². The normalized spacial score (nSPS) is 14.6. The highest BCUT2D eigenvalue weighted by atomic mass is 16.4. The van der Waals surface area contributed by atoms with Crippen LogP contribution in [0.15, 0.2) is 0 Å². The molecule has 5 amide bonds. The van der Waals surface area contributed by atoms with Crippen molar-refractivity contribution in [3.05, 3.63) is 0 Å². The fraction of sp³-hybridized carbons (Fsp3) is 0.600. The number of aliphatic carboxylic acids is 1. The van der Waals surface area contributed by atoms with Crippen molar-refractivity contribution in [2.45, 2.75) is 50.4 Å². The largest absolute Gasteiger partial charge is 0.480 e. The number of nitrogens with two attached hydrogens (primary N) is 3. The molecule has 0 fully saturated rings. The lowest BCUT2D eigenvalue weighted by Crippen LogP contribution is -2.55. The highest BCUT2D eigenvalue weighted by Crippen LogP contribution is 2.00. The van der Waals surface area contributed by atoms with Crippen molar-refractivity contribution >= 4 is 35.5 Å². The predicted molar refractivity (Wildman–Crippen MR) is 96.4 cm³/mol. The summed E-state index contributed by atoms with van der Waals surface area (Å²) in [6, 6.07) is -4.23. The van der Waals surface area contributed by atoms with E-state index in [9.17, 15) is 33.9 Å². The van der Waals surface area contributed by atoms with Crippen LogP contribution in [-0.2, 0) is 28.8 Å². The van der Waals surface area contributed by atoms with E-state index in [4.69, 9.17) is 22.3 Å². The zero-order valence-electron chi connectivity index (χ0n) is 15.7. The Hall–Kier alpha value is -3.26. The number of primary amides is 2. The minimum Gasteiger partial charge on any atom is -0.480 e. The lowest BCUT2D eigenvalue weighted by Gasteiger charge is -2.21. The standard InChI is InChI=1S/C15H26N6O8/c1-6(22)12(15(28)29)21-11(25)5-19-14(27)8(2-3-9(17)23)20-13(26)7(16)4-10(18)24/h6-8,12,22H,2-5,16H2,1H3,(H2,17,23)(H2,18,24)(H,19,27)(H,20,26)(H,21,25)(H,28,29). The van der Waals surface area contributed by atoms with Gasteiger partial charge in [-0.1, -0.05) is 0 Å². The highest BCUT2D eigenvalue weighted by Gasteiger charge is 2.27. The van der Waals surface area contributed by atoms with Gasteiger partial charge in [0.1, 0.15) is 6.04 Å². The third-order valence-electron chi connectivity index (χ3n) is 3.56. The smallest absolute Gasteiger partial charge is 0.328 e. The molecule has 4 atom stereocenters. The second-order valence-electron chi connectivity index (χ2n) is 6.18. The molecule has 4 unspecified atom stereocenters. The van der Waals surface area contributed by atoms with Crippen LogP contribution in [-0.4, -0.2) is 76.5 Å². The first-order valence-electron chi connectivity index (χ1n) is 8.45. The molecular formula is C15H26N6O8. The van der Waals surface area contributed by atoms with Gasteiger partial charge in [-0.05, 0) is 13.3 Å². The number of carbonyl (C=O) groups is 6. The van der Waals surface area contributed by atoms with Crippen molar-refractivity contribution in [3.8, 4) is 0 Å². The van der Waals surface area contributed by atoms with Crippen molar-refractivity contribution in [1.29, 1.82) is 0 Å². The van der Waals surface area contributed by atoms with Crippen LogP contribution in [0.25, 0.3) is 0 Å². The molecule has 0 radical (unpaired) electrons. The molecule has 0 aliphatic heterocycles. The zero-order valence-corrected chi connectivity index (χ0v) is 15.7. The number of rotatable bonds is 13. The Morgan fingerprint density at radius 2 is 1.55 bits per heavy atom. The third-order valence-corrected chi connectivity index (χ3v) is 3.56. The summed E-state index contributed by atoms with van der Waals surface area (Å²) in [4.78, 5) is 68.7. The van der Waals surface area contributed by atoms with Gasteiger partial charge in [0.25, 0.3) is 0 Å². The fourth-order valence-electron chi connectivity index (χ4n) is 2.05. The van der Waals surface area contributed by atoms with E-state index in [-0.39, 0.29) is 12.8 Å². The maximum atomic E-state index is 12.2. The van der Waals surface area contributed by atoms with Crippen LogP contribution in [0.4, 0.5) is 0 Å². The molecule has 0 bridgehead atoms. The van der Waals surface area contributed by atoms with Crippen LogP contribution in [0.2, 0.25) is 0 Å². The first kappa shape index (κ1) is 25.7. The molecule has 0 heterocycles. The molecule has 0 aromatic rings. The van der Waals surface area contributed by atoms with E-state index in [1.54, 1.807) is 0 Å².